The molecule has 0 aromatic heterocycles. The van der Waals surface area contributed by atoms with Gasteiger partial charge in [-0.1, -0.05) is 82.7 Å². The van der Waals surface area contributed by atoms with Crippen molar-refractivity contribution in [3.05, 3.63) is 71.9 Å². The van der Waals surface area contributed by atoms with Crippen molar-refractivity contribution in [3.8, 4) is 5.75 Å². The molecule has 0 radical (unpaired) electrons. The number of allylic oxidation sites excluding steroid dienone is 6. The van der Waals surface area contributed by atoms with Gasteiger partial charge in [0, 0.05) is 50.4 Å². The summed E-state index contributed by atoms with van der Waals surface area (Å²) in [4.78, 5) is 58.7. The number of nitrogens with zero attached hydrogens (tertiary/aromatic N) is 1. The molecule has 5 rings (SSSR count). The molecule has 2 saturated heterocycles. The van der Waals surface area contributed by atoms with Crippen molar-refractivity contribution in [2.45, 2.75) is 193 Å². The van der Waals surface area contributed by atoms with Crippen LogP contribution in [0.15, 0.2) is 71.9 Å². The fourth-order valence-corrected chi connectivity index (χ4v) is 11.3. The zero-order valence-electron chi connectivity index (χ0n) is 44.9. The highest BCUT2D eigenvalue weighted by Crippen LogP contribution is 2.38. The number of anilines is 1. The topological polar surface area (TPSA) is 190 Å². The van der Waals surface area contributed by atoms with Gasteiger partial charge < -0.3 is 49.2 Å². The molecule has 3 aliphatic heterocycles. The van der Waals surface area contributed by atoms with Crippen LogP contribution < -0.4 is 10.1 Å². The van der Waals surface area contributed by atoms with Gasteiger partial charge in [0.2, 0.25) is 5.79 Å². The van der Waals surface area contributed by atoms with Gasteiger partial charge in [0.1, 0.15) is 30.1 Å². The standard InChI is InChI=1S/C58H88N2O12/c1-11-70-45-21-17-20-44(34-45)59-47-35-46-26-24-42(8)58(67,72-46)55(64)56(65)60-29-16-15-22-48(60)57(66)71-50(39(5)32-43-25-27-49(61)51(33-43)68-9)28-23-37(3)31-41(7)53(63)54(69-10)52(62)40(6)30-36(2)18-13-12-14-19-38(47)4/h12-14,17-21,31,34,36-37,39-40,42-43,46-51,53-54,59,61,63,67H,11,15-16,22-30,32-33,35H2,1-10H3/b14-12+,18-13+,38-19+,41-31+/t36-,37+,39-,40-,42-,43-,46+,47?,48+,49-,50+,51-,53-,54+,58-/m1/s1. The first-order valence-corrected chi connectivity index (χ1v) is 26.9. The summed E-state index contributed by atoms with van der Waals surface area (Å²) in [6.07, 6.45) is 14.9. The molecule has 1 amide bonds. The van der Waals surface area contributed by atoms with E-state index in [0.29, 0.717) is 95.0 Å². The number of hydrogen-bond acceptors (Lipinski definition) is 13. The summed E-state index contributed by atoms with van der Waals surface area (Å²) in [5, 5.41) is 38.0. The highest BCUT2D eigenvalue weighted by molar-refractivity contribution is 6.39. The van der Waals surface area contributed by atoms with Crippen molar-refractivity contribution < 1.29 is 58.2 Å². The van der Waals surface area contributed by atoms with E-state index in [-0.39, 0.29) is 54.1 Å². The minimum absolute atomic E-state index is 0.0449. The molecule has 0 spiro atoms. The van der Waals surface area contributed by atoms with E-state index in [0.717, 1.165) is 17.7 Å². The number of aliphatic hydroxyl groups is 3. The molecule has 4 aliphatic rings. The summed E-state index contributed by atoms with van der Waals surface area (Å²) < 4.78 is 29.9. The van der Waals surface area contributed by atoms with Gasteiger partial charge in [-0.15, -0.1) is 0 Å². The smallest absolute Gasteiger partial charge is 0.329 e. The lowest BCUT2D eigenvalue weighted by atomic mass is 9.78. The number of Topliss-reactive ketones (excluding diaryl/α,β-unsaturated/α-hetero) is 2. The van der Waals surface area contributed by atoms with Crippen LogP contribution in [-0.4, -0.2) is 126 Å². The number of hydrogen-bond donors (Lipinski definition) is 4. The fourth-order valence-electron chi connectivity index (χ4n) is 11.3. The van der Waals surface area contributed by atoms with Gasteiger partial charge >= 0.3 is 5.97 Å². The number of methoxy groups -OCH3 is 2. The van der Waals surface area contributed by atoms with Crippen molar-refractivity contribution in [1.82, 2.24) is 4.90 Å². The van der Waals surface area contributed by atoms with Crippen molar-refractivity contribution in [1.29, 1.82) is 0 Å². The van der Waals surface area contributed by atoms with E-state index in [2.05, 4.69) is 19.2 Å². The van der Waals surface area contributed by atoms with Crippen LogP contribution in [0.1, 0.15) is 139 Å². The average molecular weight is 1010 g/mol. The SMILES string of the molecule is CCOc1cccc(NC2C[C@@H]3CC[C@@H](C)[C@@](O)(O3)C(=O)C(=O)N3CCCC[C@H]3C(=O)O[C@H]([C@H](C)C[C@H]3CC[C@@H](O)[C@H](OC)C3)CC[C@H](C)/C=C(\C)[C@@H](O)[C@@H](OC)C(=O)[C@H](C)C[C@H](C)/C=C/C=C/C=C/2C)c1. The van der Waals surface area contributed by atoms with E-state index >= 15 is 0 Å². The van der Waals surface area contributed by atoms with Gasteiger partial charge in [-0.3, -0.25) is 14.4 Å². The van der Waals surface area contributed by atoms with E-state index in [9.17, 15) is 34.5 Å². The number of carbonyl (C=O) groups is 4. The van der Waals surface area contributed by atoms with Crippen LogP contribution in [0, 0.1) is 35.5 Å². The van der Waals surface area contributed by atoms with Crippen LogP contribution in [0.5, 0.6) is 5.75 Å². The second-order valence-corrected chi connectivity index (χ2v) is 21.6. The first kappa shape index (κ1) is 58.7. The Labute approximate surface area is 430 Å². The molecule has 1 unspecified atom stereocenters. The maximum atomic E-state index is 14.5. The lowest BCUT2D eigenvalue weighted by Gasteiger charge is -2.43. The number of ketones is 2. The van der Waals surface area contributed by atoms with Crippen LogP contribution >= 0.6 is 0 Å². The van der Waals surface area contributed by atoms with Crippen LogP contribution in [-0.2, 0) is 38.1 Å². The predicted octanol–water partition coefficient (Wildman–Crippen LogP) is 8.87. The number of rotatable bonds is 9. The minimum Gasteiger partial charge on any atom is -0.494 e. The van der Waals surface area contributed by atoms with Crippen molar-refractivity contribution in [3.63, 3.8) is 0 Å². The molecule has 72 heavy (non-hydrogen) atoms. The lowest BCUT2D eigenvalue weighted by Crippen LogP contribution is -2.61. The Bertz CT molecular complexity index is 2070. The quantitative estimate of drug-likeness (QED) is 0.104. The molecule has 4 N–H and O–H groups in total. The number of esters is 1. The number of benzene rings is 1. The van der Waals surface area contributed by atoms with Gasteiger partial charge in [-0.2, -0.15) is 0 Å². The number of cyclic esters (lactones) is 1. The number of aliphatic hydroxyl groups excluding tert-OH is 2. The monoisotopic (exact) mass is 1000 g/mol. The number of nitrogens with one attached hydrogen (secondary N) is 1. The molecule has 3 heterocycles. The second kappa shape index (κ2) is 27.9. The van der Waals surface area contributed by atoms with E-state index < -0.39 is 65.9 Å². The van der Waals surface area contributed by atoms with Crippen LogP contribution in [0.3, 0.4) is 0 Å². The summed E-state index contributed by atoms with van der Waals surface area (Å²) in [5.41, 5.74) is 2.37. The van der Waals surface area contributed by atoms with Gasteiger partial charge in [0.15, 0.2) is 5.78 Å². The molecule has 14 nitrogen and oxygen atoms in total. The number of ether oxygens (including phenoxy) is 5. The molecule has 1 saturated carbocycles. The molecule has 14 heteroatoms. The molecule has 2 bridgehead atoms. The van der Waals surface area contributed by atoms with Gasteiger partial charge in [-0.25, -0.2) is 4.79 Å². The largest absolute Gasteiger partial charge is 0.494 e. The molecule has 3 fully saturated rings. The lowest BCUT2D eigenvalue weighted by molar-refractivity contribution is -0.263. The summed E-state index contributed by atoms with van der Waals surface area (Å²) in [7, 11) is 3.06. The Kier molecular flexibility index (Phi) is 22.8. The Balaban J connectivity index is 1.49. The Hall–Kier alpha value is -4.18. The van der Waals surface area contributed by atoms with Crippen molar-refractivity contribution >= 4 is 29.1 Å². The molecule has 1 aromatic carbocycles. The Morgan fingerprint density at radius 1 is 0.861 bits per heavy atom. The van der Waals surface area contributed by atoms with E-state index in [1.807, 2.05) is 88.4 Å². The predicted molar refractivity (Wildman–Crippen MR) is 279 cm³/mol. The molecule has 402 valence electrons. The van der Waals surface area contributed by atoms with E-state index in [1.54, 1.807) is 21.0 Å². The summed E-state index contributed by atoms with van der Waals surface area (Å²) in [5.74, 6) is -5.54. The van der Waals surface area contributed by atoms with Gasteiger partial charge in [-0.05, 0) is 146 Å². The molecule has 1 aromatic rings. The maximum Gasteiger partial charge on any atom is 0.329 e. The van der Waals surface area contributed by atoms with Crippen molar-refractivity contribution in [2.75, 3.05) is 32.7 Å². The fraction of sp³-hybridized carbons (Fsp3) is 0.690. The van der Waals surface area contributed by atoms with E-state index in [1.165, 1.54) is 12.0 Å². The van der Waals surface area contributed by atoms with Crippen LogP contribution in [0.4, 0.5) is 5.69 Å². The Morgan fingerprint density at radius 3 is 2.35 bits per heavy atom. The average Bonchev–Trinajstić information content (AvgIpc) is 3.35. The van der Waals surface area contributed by atoms with Crippen molar-refractivity contribution in [2.24, 2.45) is 35.5 Å². The maximum absolute atomic E-state index is 14.5. The van der Waals surface area contributed by atoms with Gasteiger partial charge in [0.05, 0.1) is 24.9 Å². The molecular weight excluding hydrogens is 917 g/mol. The highest BCUT2D eigenvalue weighted by Gasteiger charge is 2.53. The Morgan fingerprint density at radius 2 is 1.62 bits per heavy atom. The first-order valence-electron chi connectivity index (χ1n) is 26.9. The minimum atomic E-state index is -2.42. The van der Waals surface area contributed by atoms with Crippen LogP contribution in [0.2, 0.25) is 0 Å². The first-order chi connectivity index (χ1) is 34.3. The highest BCUT2D eigenvalue weighted by atomic mass is 16.6. The number of carbonyl (C=O) groups excluding carboxylic acids is 4. The molecular formula is C58H88N2O12. The zero-order valence-corrected chi connectivity index (χ0v) is 44.9. The van der Waals surface area contributed by atoms with E-state index in [4.69, 9.17) is 23.7 Å². The second-order valence-electron chi connectivity index (χ2n) is 21.6. The zero-order chi connectivity index (χ0) is 52.7. The summed E-state index contributed by atoms with van der Waals surface area (Å²) in [6, 6.07) is 6.30. The summed E-state index contributed by atoms with van der Waals surface area (Å²) in [6.45, 7) is 16.1. The number of piperidine rings is 1. The summed E-state index contributed by atoms with van der Waals surface area (Å²) >= 11 is 0. The number of amides is 1. The number of fused-ring (bicyclic) bond motifs is 3. The molecule has 1 aliphatic carbocycles. The third-order valence-corrected chi connectivity index (χ3v) is 15.8. The van der Waals surface area contributed by atoms with Crippen LogP contribution in [0.25, 0.3) is 0 Å². The normalized spacial score (nSPS) is 37.5. The molecule has 15 atom stereocenters. The van der Waals surface area contributed by atoms with Gasteiger partial charge in [0.25, 0.3) is 11.7 Å². The third-order valence-electron chi connectivity index (χ3n) is 15.8. The third kappa shape index (κ3) is 15.9.